The fraction of sp³-hybridized carbons (Fsp3) is 0.833. The number of hydrogen-bond acceptors (Lipinski definition) is 3. The Labute approximate surface area is 53.3 Å². The van der Waals surface area contributed by atoms with E-state index < -0.39 is 6.29 Å². The molecule has 0 amide bonds. The second-order valence-corrected chi connectivity index (χ2v) is 2.43. The Balaban J connectivity index is 2.18. The van der Waals surface area contributed by atoms with Crippen LogP contribution in [0.4, 0.5) is 0 Å². The monoisotopic (exact) mass is 130 g/mol. The summed E-state index contributed by atoms with van der Waals surface area (Å²) in [6, 6.07) is 0. The van der Waals surface area contributed by atoms with Crippen LogP contribution in [0.5, 0.6) is 0 Å². The zero-order valence-electron chi connectivity index (χ0n) is 5.08. The molecule has 0 atom stereocenters. The average molecular weight is 130 g/mol. The zero-order chi connectivity index (χ0) is 6.85. The molecule has 52 valence electrons. The number of Topliss-reactive ketones (excluding diaryl/α,β-unsaturated/α-hetero) is 1. The van der Waals surface area contributed by atoms with E-state index in [1.54, 1.807) is 0 Å². The highest BCUT2D eigenvalue weighted by molar-refractivity contribution is 5.83. The smallest absolute Gasteiger partial charge is 0.158 e. The van der Waals surface area contributed by atoms with Crippen molar-refractivity contribution in [3.63, 3.8) is 0 Å². The molecule has 1 rings (SSSR count). The highest BCUT2D eigenvalue weighted by atomic mass is 16.5. The van der Waals surface area contributed by atoms with Crippen molar-refractivity contribution in [2.24, 2.45) is 5.92 Å². The number of aliphatic hydroxyl groups excluding tert-OH is 1. The number of carbonyl (C=O) groups excluding carboxylic acids is 1. The normalized spacial score (nSPS) is 18.6. The lowest BCUT2D eigenvalue weighted by Gasteiger charge is -1.98. The molecule has 1 aliphatic rings. The first kappa shape index (κ1) is 6.71. The second-order valence-electron chi connectivity index (χ2n) is 2.43. The van der Waals surface area contributed by atoms with E-state index >= 15 is 0 Å². The Morgan fingerprint density at radius 1 is 1.56 bits per heavy atom. The number of aliphatic hydroxyl groups is 2. The van der Waals surface area contributed by atoms with E-state index in [1.165, 1.54) is 0 Å². The van der Waals surface area contributed by atoms with E-state index in [-0.39, 0.29) is 18.1 Å². The minimum atomic E-state index is -1.45. The van der Waals surface area contributed by atoms with Gasteiger partial charge in [0.25, 0.3) is 0 Å². The number of ketones is 1. The maximum absolute atomic E-state index is 10.7. The molecule has 0 aromatic carbocycles. The van der Waals surface area contributed by atoms with E-state index in [2.05, 4.69) is 0 Å². The molecular formula is C6H10O3. The molecule has 3 heteroatoms. The lowest BCUT2D eigenvalue weighted by molar-refractivity contribution is -0.128. The largest absolute Gasteiger partial charge is 0.368 e. The van der Waals surface area contributed by atoms with Gasteiger partial charge in [-0.25, -0.2) is 0 Å². The van der Waals surface area contributed by atoms with Crippen molar-refractivity contribution in [1.82, 2.24) is 0 Å². The van der Waals surface area contributed by atoms with Crippen LogP contribution in [-0.2, 0) is 4.79 Å². The quantitative estimate of drug-likeness (QED) is 0.514. The van der Waals surface area contributed by atoms with Crippen LogP contribution in [0, 0.1) is 5.92 Å². The topological polar surface area (TPSA) is 57.5 Å². The number of hydrogen-bond donors (Lipinski definition) is 2. The molecular weight excluding hydrogens is 120 g/mol. The van der Waals surface area contributed by atoms with E-state index in [9.17, 15) is 4.79 Å². The van der Waals surface area contributed by atoms with Gasteiger partial charge >= 0.3 is 0 Å². The first-order valence-electron chi connectivity index (χ1n) is 3.09. The molecule has 0 bridgehead atoms. The maximum atomic E-state index is 10.7. The fourth-order valence-corrected chi connectivity index (χ4v) is 0.752. The lowest BCUT2D eigenvalue weighted by Crippen LogP contribution is -2.13. The van der Waals surface area contributed by atoms with Crippen LogP contribution in [0.3, 0.4) is 0 Å². The summed E-state index contributed by atoms with van der Waals surface area (Å²) >= 11 is 0. The summed E-state index contributed by atoms with van der Waals surface area (Å²) in [6.45, 7) is 0. The van der Waals surface area contributed by atoms with Crippen molar-refractivity contribution in [3.05, 3.63) is 0 Å². The molecule has 0 heterocycles. The van der Waals surface area contributed by atoms with Crippen LogP contribution >= 0.6 is 0 Å². The molecule has 0 radical (unpaired) electrons. The van der Waals surface area contributed by atoms with Crippen LogP contribution in [0.2, 0.25) is 0 Å². The molecule has 0 aromatic heterocycles. The molecule has 0 aliphatic heterocycles. The predicted octanol–water partition coefficient (Wildman–Crippen LogP) is -0.334. The molecule has 0 aromatic rings. The molecule has 3 nitrogen and oxygen atoms in total. The molecule has 9 heavy (non-hydrogen) atoms. The van der Waals surface area contributed by atoms with Gasteiger partial charge in [-0.1, -0.05) is 0 Å². The Hall–Kier alpha value is -0.410. The van der Waals surface area contributed by atoms with Crippen LogP contribution in [0.25, 0.3) is 0 Å². The lowest BCUT2D eigenvalue weighted by atomic mass is 10.2. The van der Waals surface area contributed by atoms with Crippen molar-refractivity contribution in [2.75, 3.05) is 0 Å². The molecule has 0 spiro atoms. The van der Waals surface area contributed by atoms with Gasteiger partial charge in [0.1, 0.15) is 5.78 Å². The predicted molar refractivity (Wildman–Crippen MR) is 30.6 cm³/mol. The van der Waals surface area contributed by atoms with Gasteiger partial charge < -0.3 is 10.2 Å². The highest BCUT2D eigenvalue weighted by Gasteiger charge is 2.29. The SMILES string of the molecule is O=C(CC(O)O)C1CC1. The van der Waals surface area contributed by atoms with Gasteiger partial charge in [0, 0.05) is 5.92 Å². The van der Waals surface area contributed by atoms with Crippen molar-refractivity contribution in [2.45, 2.75) is 25.6 Å². The Morgan fingerprint density at radius 2 is 2.11 bits per heavy atom. The summed E-state index contributed by atoms with van der Waals surface area (Å²) in [5.41, 5.74) is 0. The van der Waals surface area contributed by atoms with Gasteiger partial charge in [-0.05, 0) is 12.8 Å². The Morgan fingerprint density at radius 3 is 2.44 bits per heavy atom. The van der Waals surface area contributed by atoms with Crippen LogP contribution in [0.1, 0.15) is 19.3 Å². The third kappa shape index (κ3) is 2.11. The first-order chi connectivity index (χ1) is 4.20. The third-order valence-electron chi connectivity index (χ3n) is 1.42. The molecule has 1 saturated carbocycles. The van der Waals surface area contributed by atoms with E-state index in [0.29, 0.717) is 0 Å². The minimum absolute atomic E-state index is 0.00926. The van der Waals surface area contributed by atoms with Gasteiger partial charge in [0.05, 0.1) is 6.42 Å². The minimum Gasteiger partial charge on any atom is -0.368 e. The number of carbonyl (C=O) groups is 1. The summed E-state index contributed by atoms with van der Waals surface area (Å²) in [6.07, 6.45) is 0.333. The van der Waals surface area contributed by atoms with Crippen molar-refractivity contribution >= 4 is 5.78 Å². The first-order valence-corrected chi connectivity index (χ1v) is 3.09. The molecule has 0 unspecified atom stereocenters. The van der Waals surface area contributed by atoms with E-state index in [0.717, 1.165) is 12.8 Å². The third-order valence-corrected chi connectivity index (χ3v) is 1.42. The Bertz CT molecular complexity index is 115. The summed E-state index contributed by atoms with van der Waals surface area (Å²) in [5, 5.41) is 16.7. The molecule has 2 N–H and O–H groups in total. The van der Waals surface area contributed by atoms with Gasteiger partial charge in [-0.3, -0.25) is 4.79 Å². The number of rotatable bonds is 3. The van der Waals surface area contributed by atoms with Crippen molar-refractivity contribution < 1.29 is 15.0 Å². The summed E-state index contributed by atoms with van der Waals surface area (Å²) in [7, 11) is 0. The summed E-state index contributed by atoms with van der Waals surface area (Å²) in [4.78, 5) is 10.7. The van der Waals surface area contributed by atoms with Crippen LogP contribution in [0.15, 0.2) is 0 Å². The van der Waals surface area contributed by atoms with Crippen LogP contribution < -0.4 is 0 Å². The van der Waals surface area contributed by atoms with Gasteiger partial charge in [0.2, 0.25) is 0 Å². The second kappa shape index (κ2) is 2.45. The fourth-order valence-electron chi connectivity index (χ4n) is 0.752. The summed E-state index contributed by atoms with van der Waals surface area (Å²) < 4.78 is 0. The maximum Gasteiger partial charge on any atom is 0.158 e. The van der Waals surface area contributed by atoms with Gasteiger partial charge in [-0.15, -0.1) is 0 Å². The van der Waals surface area contributed by atoms with Crippen molar-refractivity contribution in [1.29, 1.82) is 0 Å². The zero-order valence-corrected chi connectivity index (χ0v) is 5.08. The summed E-state index contributed by atoms with van der Waals surface area (Å²) in [5.74, 6) is 0.136. The average Bonchev–Trinajstić information content (AvgIpc) is 2.40. The van der Waals surface area contributed by atoms with Crippen molar-refractivity contribution in [3.8, 4) is 0 Å². The molecule has 0 saturated heterocycles. The standard InChI is InChI=1S/C6H10O3/c7-5(3-6(8)9)4-1-2-4/h4,6,8-9H,1-3H2. The molecule has 1 aliphatic carbocycles. The highest BCUT2D eigenvalue weighted by Crippen LogP contribution is 2.30. The molecule has 1 fully saturated rings. The Kier molecular flexibility index (Phi) is 1.83. The van der Waals surface area contributed by atoms with Crippen LogP contribution in [-0.4, -0.2) is 22.3 Å². The van der Waals surface area contributed by atoms with E-state index in [4.69, 9.17) is 10.2 Å². The van der Waals surface area contributed by atoms with E-state index in [1.807, 2.05) is 0 Å². The van der Waals surface area contributed by atoms with Gasteiger partial charge in [-0.2, -0.15) is 0 Å². The van der Waals surface area contributed by atoms with Gasteiger partial charge in [0.15, 0.2) is 6.29 Å².